The number of anilines is 1. The van der Waals surface area contributed by atoms with Crippen molar-refractivity contribution < 1.29 is 4.74 Å². The molecular weight excluding hydrogens is 208 g/mol. The topological polar surface area (TPSA) is 93.0 Å². The van der Waals surface area contributed by atoms with Gasteiger partial charge in [-0.25, -0.2) is 4.98 Å². The number of aromatic nitrogens is 2. The van der Waals surface area contributed by atoms with Crippen LogP contribution in [0.5, 0.6) is 5.75 Å². The maximum absolute atomic E-state index is 11.4. The van der Waals surface area contributed by atoms with Gasteiger partial charge in [-0.15, -0.1) is 0 Å². The lowest BCUT2D eigenvalue weighted by Crippen LogP contribution is -2.30. The second-order valence-electron chi connectivity index (χ2n) is 3.76. The minimum atomic E-state index is -0.299. The fourth-order valence-corrected chi connectivity index (χ4v) is 1.24. The molecule has 0 aliphatic carbocycles. The third-order valence-corrected chi connectivity index (χ3v) is 2.60. The first-order chi connectivity index (χ1) is 7.60. The van der Waals surface area contributed by atoms with E-state index < -0.39 is 0 Å². The van der Waals surface area contributed by atoms with Crippen LogP contribution in [0.15, 0.2) is 11.1 Å². The lowest BCUT2D eigenvalue weighted by atomic mass is 10.0. The Bertz CT molecular complexity index is 391. The van der Waals surface area contributed by atoms with E-state index in [0.29, 0.717) is 12.4 Å². The van der Waals surface area contributed by atoms with Crippen molar-refractivity contribution >= 4 is 5.82 Å². The van der Waals surface area contributed by atoms with Crippen molar-refractivity contribution in [3.8, 4) is 5.75 Å². The minimum Gasteiger partial charge on any atom is -0.489 e. The average Bonchev–Trinajstić information content (AvgIpc) is 2.28. The number of nitrogens with two attached hydrogens (primary N) is 1. The molecule has 0 amide bonds. The second kappa shape index (κ2) is 5.50. The third kappa shape index (κ3) is 2.73. The molecule has 0 aromatic carbocycles. The fraction of sp³-hybridized carbons (Fsp3) is 0.600. The van der Waals surface area contributed by atoms with Gasteiger partial charge < -0.3 is 20.8 Å². The van der Waals surface area contributed by atoms with E-state index >= 15 is 0 Å². The Kier molecular flexibility index (Phi) is 4.30. The Morgan fingerprint density at radius 2 is 2.31 bits per heavy atom. The number of ether oxygens (including phenoxy) is 1. The highest BCUT2D eigenvalue weighted by Crippen LogP contribution is 2.17. The number of methoxy groups -OCH3 is 1. The van der Waals surface area contributed by atoms with Crippen molar-refractivity contribution in [3.63, 3.8) is 0 Å². The van der Waals surface area contributed by atoms with Crippen LogP contribution in [0.1, 0.15) is 13.8 Å². The number of hydrogen-bond donors (Lipinski definition) is 3. The first kappa shape index (κ1) is 12.5. The molecule has 0 fully saturated rings. The van der Waals surface area contributed by atoms with Crippen LogP contribution < -0.4 is 21.3 Å². The first-order valence-electron chi connectivity index (χ1n) is 5.18. The van der Waals surface area contributed by atoms with Gasteiger partial charge in [-0.05, 0) is 19.4 Å². The molecule has 0 aliphatic rings. The molecule has 2 atom stereocenters. The minimum absolute atomic E-state index is 0.119. The summed E-state index contributed by atoms with van der Waals surface area (Å²) in [7, 11) is 1.44. The van der Waals surface area contributed by atoms with Gasteiger partial charge in [0, 0.05) is 6.04 Å². The van der Waals surface area contributed by atoms with Crippen molar-refractivity contribution in [2.24, 2.45) is 11.7 Å². The average molecular weight is 226 g/mol. The highest BCUT2D eigenvalue weighted by atomic mass is 16.5. The van der Waals surface area contributed by atoms with Crippen LogP contribution in [0, 0.1) is 5.92 Å². The summed E-state index contributed by atoms with van der Waals surface area (Å²) in [5, 5.41) is 3.12. The molecule has 6 nitrogen and oxygen atoms in total. The first-order valence-corrected chi connectivity index (χ1v) is 5.18. The molecule has 1 aromatic rings. The van der Waals surface area contributed by atoms with Crippen LogP contribution in [-0.2, 0) is 0 Å². The maximum Gasteiger partial charge on any atom is 0.295 e. The van der Waals surface area contributed by atoms with Gasteiger partial charge in [0.2, 0.25) is 5.75 Å². The van der Waals surface area contributed by atoms with Crippen LogP contribution in [0.25, 0.3) is 0 Å². The number of nitrogens with one attached hydrogen (secondary N) is 2. The van der Waals surface area contributed by atoms with Crippen LogP contribution in [0.2, 0.25) is 0 Å². The molecule has 0 saturated carbocycles. The summed E-state index contributed by atoms with van der Waals surface area (Å²) in [4.78, 5) is 17.9. The van der Waals surface area contributed by atoms with Crippen molar-refractivity contribution in [3.05, 3.63) is 16.7 Å². The standard InChI is InChI=1S/C10H18N4O2/c1-6(4-11)7(2)14-9-8(16-3)10(15)13-5-12-9/h5-7H,4,11H2,1-3H3,(H2,12,13,14,15). The zero-order chi connectivity index (χ0) is 12.1. The lowest BCUT2D eigenvalue weighted by Gasteiger charge is -2.20. The quantitative estimate of drug-likeness (QED) is 0.665. The molecule has 0 bridgehead atoms. The van der Waals surface area contributed by atoms with E-state index in [4.69, 9.17) is 10.5 Å². The predicted molar refractivity (Wildman–Crippen MR) is 62.7 cm³/mol. The Morgan fingerprint density at radius 1 is 1.62 bits per heavy atom. The Morgan fingerprint density at radius 3 is 2.88 bits per heavy atom. The van der Waals surface area contributed by atoms with Crippen LogP contribution in [0.3, 0.4) is 0 Å². The lowest BCUT2D eigenvalue weighted by molar-refractivity contribution is 0.406. The highest BCUT2D eigenvalue weighted by Gasteiger charge is 2.15. The summed E-state index contributed by atoms with van der Waals surface area (Å²) in [5.74, 6) is 0.920. The summed E-state index contributed by atoms with van der Waals surface area (Å²) in [5.41, 5.74) is 5.27. The SMILES string of the molecule is COc1c(NC(C)C(C)CN)nc[nH]c1=O. The molecule has 16 heavy (non-hydrogen) atoms. The molecule has 0 saturated heterocycles. The molecule has 4 N–H and O–H groups in total. The molecule has 6 heteroatoms. The number of hydrogen-bond acceptors (Lipinski definition) is 5. The van der Waals surface area contributed by atoms with Gasteiger partial charge in [-0.2, -0.15) is 0 Å². The van der Waals surface area contributed by atoms with E-state index in [2.05, 4.69) is 15.3 Å². The zero-order valence-corrected chi connectivity index (χ0v) is 9.78. The predicted octanol–water partition coefficient (Wildman–Crippen LogP) is 0.174. The van der Waals surface area contributed by atoms with Crippen LogP contribution >= 0.6 is 0 Å². The van der Waals surface area contributed by atoms with E-state index in [-0.39, 0.29) is 23.3 Å². The Balaban J connectivity index is 2.89. The third-order valence-electron chi connectivity index (χ3n) is 2.60. The van der Waals surface area contributed by atoms with E-state index in [1.54, 1.807) is 0 Å². The molecule has 1 aromatic heterocycles. The fourth-order valence-electron chi connectivity index (χ4n) is 1.24. The molecule has 0 aliphatic heterocycles. The van der Waals surface area contributed by atoms with Crippen molar-refractivity contribution in [2.75, 3.05) is 19.0 Å². The van der Waals surface area contributed by atoms with Gasteiger partial charge >= 0.3 is 0 Å². The normalized spacial score (nSPS) is 14.2. The van der Waals surface area contributed by atoms with Gasteiger partial charge in [-0.1, -0.05) is 6.92 Å². The van der Waals surface area contributed by atoms with Gasteiger partial charge in [0.15, 0.2) is 5.82 Å². The van der Waals surface area contributed by atoms with Gasteiger partial charge in [0.05, 0.1) is 13.4 Å². The summed E-state index contributed by atoms with van der Waals surface area (Å²) < 4.78 is 4.99. The zero-order valence-electron chi connectivity index (χ0n) is 9.78. The summed E-state index contributed by atoms with van der Waals surface area (Å²) >= 11 is 0. The monoisotopic (exact) mass is 226 g/mol. The molecule has 1 rings (SSSR count). The van der Waals surface area contributed by atoms with Gasteiger partial charge in [0.25, 0.3) is 5.56 Å². The summed E-state index contributed by atoms with van der Waals surface area (Å²) in [6.45, 7) is 4.58. The van der Waals surface area contributed by atoms with E-state index in [1.807, 2.05) is 13.8 Å². The molecule has 90 valence electrons. The number of nitrogens with zero attached hydrogens (tertiary/aromatic N) is 1. The molecule has 2 unspecified atom stereocenters. The second-order valence-corrected chi connectivity index (χ2v) is 3.76. The van der Waals surface area contributed by atoms with E-state index in [0.717, 1.165) is 0 Å². The van der Waals surface area contributed by atoms with Crippen molar-refractivity contribution in [1.29, 1.82) is 0 Å². The number of rotatable bonds is 5. The number of aromatic amines is 1. The summed E-state index contributed by atoms with van der Waals surface area (Å²) in [6, 6.07) is 0.119. The molecule has 1 heterocycles. The molecular formula is C10H18N4O2. The van der Waals surface area contributed by atoms with Gasteiger partial charge in [-0.3, -0.25) is 4.79 Å². The largest absolute Gasteiger partial charge is 0.489 e. The Hall–Kier alpha value is -1.56. The maximum atomic E-state index is 11.4. The molecule has 0 spiro atoms. The Labute approximate surface area is 94.2 Å². The molecule has 0 radical (unpaired) electrons. The van der Waals surface area contributed by atoms with Gasteiger partial charge in [0.1, 0.15) is 0 Å². The van der Waals surface area contributed by atoms with Crippen LogP contribution in [0.4, 0.5) is 5.82 Å². The van der Waals surface area contributed by atoms with E-state index in [9.17, 15) is 4.79 Å². The summed E-state index contributed by atoms with van der Waals surface area (Å²) in [6.07, 6.45) is 1.34. The number of H-pyrrole nitrogens is 1. The smallest absolute Gasteiger partial charge is 0.295 e. The van der Waals surface area contributed by atoms with E-state index in [1.165, 1.54) is 13.4 Å². The highest BCUT2D eigenvalue weighted by molar-refractivity contribution is 5.48. The van der Waals surface area contributed by atoms with Crippen molar-refractivity contribution in [1.82, 2.24) is 9.97 Å². The van der Waals surface area contributed by atoms with Crippen LogP contribution in [-0.4, -0.2) is 29.7 Å². The van der Waals surface area contributed by atoms with Crippen molar-refractivity contribution in [2.45, 2.75) is 19.9 Å².